The van der Waals surface area contributed by atoms with Gasteiger partial charge < -0.3 is 24.1 Å². The molecule has 0 unspecified atom stereocenters. The summed E-state index contributed by atoms with van der Waals surface area (Å²) in [5.74, 6) is 2.00. The second-order valence-corrected chi connectivity index (χ2v) is 5.67. The molecule has 6 heteroatoms. The van der Waals surface area contributed by atoms with E-state index in [0.717, 1.165) is 10.0 Å². The van der Waals surface area contributed by atoms with Crippen molar-refractivity contribution in [3.8, 4) is 23.0 Å². The summed E-state index contributed by atoms with van der Waals surface area (Å²) in [5.41, 5.74) is 1.62. The lowest BCUT2D eigenvalue weighted by atomic mass is 10.2. The van der Waals surface area contributed by atoms with Crippen molar-refractivity contribution in [2.75, 3.05) is 21.3 Å². The number of hydrogen-bond donors (Lipinski definition) is 1. The van der Waals surface area contributed by atoms with Crippen LogP contribution < -0.4 is 14.2 Å². The minimum absolute atomic E-state index is 0.149. The fourth-order valence-electron chi connectivity index (χ4n) is 2.08. The molecule has 0 atom stereocenters. The van der Waals surface area contributed by atoms with Gasteiger partial charge in [0, 0.05) is 28.8 Å². The van der Waals surface area contributed by atoms with Gasteiger partial charge in [-0.15, -0.1) is 0 Å². The number of phenolic OH excluding ortho intramolecular Hbond substituents is 1. The van der Waals surface area contributed by atoms with E-state index in [2.05, 4.69) is 15.9 Å². The summed E-state index contributed by atoms with van der Waals surface area (Å²) in [6, 6.07) is 8.82. The lowest BCUT2D eigenvalue weighted by Crippen LogP contribution is -1.99. The molecule has 1 N–H and O–H groups in total. The predicted octanol–water partition coefficient (Wildman–Crippen LogP) is 3.90. The lowest BCUT2D eigenvalue weighted by Gasteiger charge is -2.13. The molecule has 0 saturated heterocycles. The highest BCUT2D eigenvalue weighted by atomic mass is 79.9. The number of methoxy groups -OCH3 is 3. The van der Waals surface area contributed by atoms with E-state index >= 15 is 0 Å². The largest absolute Gasteiger partial charge is 0.507 e. The lowest BCUT2D eigenvalue weighted by molar-refractivity contribution is 0.182. The molecule has 124 valence electrons. The Morgan fingerprint density at radius 3 is 2.22 bits per heavy atom. The molecule has 2 aromatic rings. The van der Waals surface area contributed by atoms with Crippen molar-refractivity contribution >= 4 is 15.9 Å². The molecule has 0 bridgehead atoms. The molecule has 2 aromatic carbocycles. The fourth-order valence-corrected chi connectivity index (χ4v) is 2.52. The van der Waals surface area contributed by atoms with Gasteiger partial charge in [0.25, 0.3) is 0 Å². The molecule has 0 saturated carbocycles. The molecule has 0 amide bonds. The van der Waals surface area contributed by atoms with Gasteiger partial charge in [0.2, 0.25) is 0 Å². The van der Waals surface area contributed by atoms with E-state index < -0.39 is 0 Å². The molecule has 0 fully saturated rings. The summed E-state index contributed by atoms with van der Waals surface area (Å²) < 4.78 is 22.1. The van der Waals surface area contributed by atoms with Crippen molar-refractivity contribution in [3.05, 3.63) is 45.9 Å². The van der Waals surface area contributed by atoms with Crippen LogP contribution in [0.1, 0.15) is 11.1 Å². The van der Waals surface area contributed by atoms with Crippen LogP contribution in [-0.4, -0.2) is 26.4 Å². The summed E-state index contributed by atoms with van der Waals surface area (Å²) >= 11 is 3.49. The van der Waals surface area contributed by atoms with Crippen LogP contribution in [0.5, 0.6) is 23.0 Å². The van der Waals surface area contributed by atoms with Crippen LogP contribution >= 0.6 is 15.9 Å². The maximum atomic E-state index is 9.92. The van der Waals surface area contributed by atoms with Crippen molar-refractivity contribution in [1.82, 2.24) is 0 Å². The fraction of sp³-hybridized carbons (Fsp3) is 0.294. The van der Waals surface area contributed by atoms with Crippen molar-refractivity contribution in [2.24, 2.45) is 0 Å². The molecule has 23 heavy (non-hydrogen) atoms. The zero-order chi connectivity index (χ0) is 16.8. The van der Waals surface area contributed by atoms with E-state index in [9.17, 15) is 5.11 Å². The zero-order valence-electron chi connectivity index (χ0n) is 13.3. The normalized spacial score (nSPS) is 10.4. The molecular formula is C17H19BrO5. The monoisotopic (exact) mass is 382 g/mol. The Bertz CT molecular complexity index is 672. The van der Waals surface area contributed by atoms with Crippen LogP contribution in [0.2, 0.25) is 0 Å². The highest BCUT2D eigenvalue weighted by molar-refractivity contribution is 9.10. The third kappa shape index (κ3) is 4.30. The highest BCUT2D eigenvalue weighted by Crippen LogP contribution is 2.34. The van der Waals surface area contributed by atoms with E-state index in [1.807, 2.05) is 12.1 Å². The Hall–Kier alpha value is -1.92. The van der Waals surface area contributed by atoms with E-state index in [1.165, 1.54) is 0 Å². The number of hydrogen-bond acceptors (Lipinski definition) is 5. The van der Waals surface area contributed by atoms with Gasteiger partial charge in [-0.25, -0.2) is 0 Å². The molecule has 0 aromatic heterocycles. The Kier molecular flexibility index (Phi) is 6.12. The second-order valence-electron chi connectivity index (χ2n) is 4.81. The van der Waals surface area contributed by atoms with Gasteiger partial charge >= 0.3 is 0 Å². The molecule has 0 spiro atoms. The Labute approximate surface area is 143 Å². The van der Waals surface area contributed by atoms with Crippen molar-refractivity contribution < 1.29 is 24.1 Å². The van der Waals surface area contributed by atoms with Gasteiger partial charge in [0.05, 0.1) is 20.8 Å². The second kappa shape index (κ2) is 8.08. The van der Waals surface area contributed by atoms with E-state index in [1.54, 1.807) is 39.5 Å². The Morgan fingerprint density at radius 1 is 0.913 bits per heavy atom. The van der Waals surface area contributed by atoms with E-state index in [-0.39, 0.29) is 5.75 Å². The summed E-state index contributed by atoms with van der Waals surface area (Å²) in [4.78, 5) is 0. The maximum Gasteiger partial charge on any atom is 0.161 e. The van der Waals surface area contributed by atoms with Gasteiger partial charge in [0.15, 0.2) is 11.5 Å². The number of benzene rings is 2. The Morgan fingerprint density at radius 2 is 1.61 bits per heavy atom. The Balaban J connectivity index is 2.13. The number of halogens is 1. The molecule has 0 aliphatic rings. The van der Waals surface area contributed by atoms with Crippen LogP contribution in [0.4, 0.5) is 0 Å². The van der Waals surface area contributed by atoms with Crippen LogP contribution in [0, 0.1) is 0 Å². The SMILES string of the molecule is COCc1ccc(OCc2cc(OC)c(OC)cc2Br)cc1O. The van der Waals surface area contributed by atoms with E-state index in [0.29, 0.717) is 36.0 Å². The molecule has 0 aliphatic carbocycles. The standard InChI is InChI=1S/C17H19BrO5/c1-20-9-11-4-5-13(7-15(11)19)23-10-12-6-16(21-2)17(22-3)8-14(12)18/h4-8,19H,9-10H2,1-3H3. The highest BCUT2D eigenvalue weighted by Gasteiger charge is 2.11. The van der Waals surface area contributed by atoms with Gasteiger partial charge in [-0.05, 0) is 24.3 Å². The summed E-state index contributed by atoms with van der Waals surface area (Å²) in [5, 5.41) is 9.92. The van der Waals surface area contributed by atoms with Crippen LogP contribution in [-0.2, 0) is 18.0 Å². The van der Waals surface area contributed by atoms with Crippen LogP contribution in [0.3, 0.4) is 0 Å². The van der Waals surface area contributed by atoms with Gasteiger partial charge in [0.1, 0.15) is 18.1 Å². The molecular weight excluding hydrogens is 364 g/mol. The topological polar surface area (TPSA) is 57.2 Å². The average molecular weight is 383 g/mol. The average Bonchev–Trinajstić information content (AvgIpc) is 2.55. The van der Waals surface area contributed by atoms with Crippen molar-refractivity contribution in [2.45, 2.75) is 13.2 Å². The summed E-state index contributed by atoms with van der Waals surface area (Å²) in [6.45, 7) is 0.678. The van der Waals surface area contributed by atoms with Gasteiger partial charge in [-0.2, -0.15) is 0 Å². The minimum Gasteiger partial charge on any atom is -0.507 e. The van der Waals surface area contributed by atoms with Crippen LogP contribution in [0.15, 0.2) is 34.8 Å². The predicted molar refractivity (Wildman–Crippen MR) is 90.4 cm³/mol. The third-order valence-corrected chi connectivity index (χ3v) is 4.04. The van der Waals surface area contributed by atoms with Crippen LogP contribution in [0.25, 0.3) is 0 Å². The maximum absolute atomic E-state index is 9.92. The molecule has 0 aliphatic heterocycles. The number of ether oxygens (including phenoxy) is 4. The molecule has 5 nitrogen and oxygen atoms in total. The zero-order valence-corrected chi connectivity index (χ0v) is 14.8. The van der Waals surface area contributed by atoms with Crippen molar-refractivity contribution in [1.29, 1.82) is 0 Å². The number of aromatic hydroxyl groups is 1. The summed E-state index contributed by atoms with van der Waals surface area (Å²) in [6.07, 6.45) is 0. The van der Waals surface area contributed by atoms with Gasteiger partial charge in [-0.1, -0.05) is 15.9 Å². The molecule has 0 heterocycles. The molecule has 2 rings (SSSR count). The smallest absolute Gasteiger partial charge is 0.161 e. The van der Waals surface area contributed by atoms with Crippen molar-refractivity contribution in [3.63, 3.8) is 0 Å². The van der Waals surface area contributed by atoms with E-state index in [4.69, 9.17) is 18.9 Å². The number of rotatable bonds is 7. The first-order valence-corrected chi connectivity index (χ1v) is 7.72. The minimum atomic E-state index is 0.149. The molecule has 0 radical (unpaired) electrons. The first-order valence-electron chi connectivity index (χ1n) is 6.93. The third-order valence-electron chi connectivity index (χ3n) is 3.30. The summed E-state index contributed by atoms with van der Waals surface area (Å²) in [7, 11) is 4.76. The number of phenols is 1. The quantitative estimate of drug-likeness (QED) is 0.786. The first-order chi connectivity index (χ1) is 11.1. The first kappa shape index (κ1) is 17.4. The van der Waals surface area contributed by atoms with Gasteiger partial charge in [-0.3, -0.25) is 0 Å².